The third kappa shape index (κ3) is 4.65. The number of rotatable bonds is 6. The van der Waals surface area contributed by atoms with Gasteiger partial charge in [-0.25, -0.2) is 0 Å². The van der Waals surface area contributed by atoms with Crippen LogP contribution in [0.1, 0.15) is 47.8 Å². The highest BCUT2D eigenvalue weighted by molar-refractivity contribution is 8.00. The van der Waals surface area contributed by atoms with Gasteiger partial charge < -0.3 is 19.7 Å². The first-order valence-corrected chi connectivity index (χ1v) is 10.8. The molecule has 3 rings (SSSR count). The van der Waals surface area contributed by atoms with Crippen molar-refractivity contribution < 1.29 is 19.7 Å². The van der Waals surface area contributed by atoms with Crippen molar-refractivity contribution in [2.45, 2.75) is 56.3 Å². The molecule has 1 aliphatic heterocycles. The summed E-state index contributed by atoms with van der Waals surface area (Å²) in [4.78, 5) is 0. The number of benzene rings is 2. The summed E-state index contributed by atoms with van der Waals surface area (Å²) in [5, 5.41) is 21.0. The Morgan fingerprint density at radius 1 is 1.14 bits per heavy atom. The van der Waals surface area contributed by atoms with Crippen LogP contribution >= 0.6 is 11.8 Å². The lowest BCUT2D eigenvalue weighted by Gasteiger charge is -2.36. The van der Waals surface area contributed by atoms with Crippen molar-refractivity contribution >= 4 is 11.8 Å². The summed E-state index contributed by atoms with van der Waals surface area (Å²) in [6.45, 7) is 6.81. The third-order valence-electron chi connectivity index (χ3n) is 5.28. The summed E-state index contributed by atoms with van der Waals surface area (Å²) in [7, 11) is 1.66. The summed E-state index contributed by atoms with van der Waals surface area (Å²) < 4.78 is 11.1. The molecule has 2 aromatic rings. The maximum atomic E-state index is 10.6. The molecule has 1 saturated heterocycles. The minimum Gasteiger partial charge on any atom is -0.496 e. The average Bonchev–Trinajstić information content (AvgIpc) is 2.67. The maximum Gasteiger partial charge on any atom is 0.123 e. The summed E-state index contributed by atoms with van der Waals surface area (Å²) in [5.74, 6) is 1.65. The highest BCUT2D eigenvalue weighted by atomic mass is 32.2. The molecule has 0 bridgehead atoms. The van der Waals surface area contributed by atoms with E-state index in [1.165, 1.54) is 11.1 Å². The Hall–Kier alpha value is -1.69. The second kappa shape index (κ2) is 9.21. The molecule has 0 spiro atoms. The van der Waals surface area contributed by atoms with Gasteiger partial charge in [-0.15, -0.1) is 11.8 Å². The highest BCUT2D eigenvalue weighted by Crippen LogP contribution is 2.46. The predicted octanol–water partition coefficient (Wildman–Crippen LogP) is 4.28. The van der Waals surface area contributed by atoms with E-state index in [0.29, 0.717) is 13.0 Å². The quantitative estimate of drug-likeness (QED) is 0.755. The molecule has 0 radical (unpaired) electrons. The van der Waals surface area contributed by atoms with Gasteiger partial charge in [0.25, 0.3) is 0 Å². The molecule has 1 heterocycles. The van der Waals surface area contributed by atoms with E-state index in [9.17, 15) is 10.2 Å². The van der Waals surface area contributed by atoms with Crippen LogP contribution in [0.15, 0.2) is 36.4 Å². The number of ether oxygens (including phenoxy) is 2. The third-order valence-corrected chi connectivity index (χ3v) is 6.76. The van der Waals surface area contributed by atoms with E-state index in [1.807, 2.05) is 25.1 Å². The number of methoxy groups -OCH3 is 1. The van der Waals surface area contributed by atoms with Crippen molar-refractivity contribution in [3.63, 3.8) is 0 Å². The molecular formula is C23H30O4S. The summed E-state index contributed by atoms with van der Waals surface area (Å²) in [6, 6.07) is 12.3. The van der Waals surface area contributed by atoms with Gasteiger partial charge in [-0.2, -0.15) is 0 Å². The van der Waals surface area contributed by atoms with E-state index < -0.39 is 12.2 Å². The van der Waals surface area contributed by atoms with E-state index in [1.54, 1.807) is 18.9 Å². The van der Waals surface area contributed by atoms with Gasteiger partial charge >= 0.3 is 0 Å². The van der Waals surface area contributed by atoms with Crippen molar-refractivity contribution in [2.24, 2.45) is 0 Å². The van der Waals surface area contributed by atoms with Crippen LogP contribution in [0.25, 0.3) is 0 Å². The van der Waals surface area contributed by atoms with Gasteiger partial charge in [0.2, 0.25) is 0 Å². The van der Waals surface area contributed by atoms with Crippen molar-refractivity contribution in [3.8, 4) is 11.5 Å². The molecular weight excluding hydrogens is 372 g/mol. The Balaban J connectivity index is 1.91. The van der Waals surface area contributed by atoms with Crippen LogP contribution in [0.3, 0.4) is 0 Å². The average molecular weight is 403 g/mol. The molecule has 2 aromatic carbocycles. The number of hydrogen-bond donors (Lipinski definition) is 2. The number of aliphatic hydroxyl groups excluding tert-OH is 2. The van der Waals surface area contributed by atoms with Crippen LogP contribution in [0.5, 0.6) is 11.5 Å². The highest BCUT2D eigenvalue weighted by Gasteiger charge is 2.37. The monoisotopic (exact) mass is 402 g/mol. The lowest BCUT2D eigenvalue weighted by atomic mass is 9.93. The van der Waals surface area contributed by atoms with Crippen molar-refractivity contribution in [1.29, 1.82) is 0 Å². The predicted molar refractivity (Wildman–Crippen MR) is 115 cm³/mol. The molecule has 152 valence electrons. The first-order valence-electron chi connectivity index (χ1n) is 9.83. The Kier molecular flexibility index (Phi) is 6.91. The lowest BCUT2D eigenvalue weighted by molar-refractivity contribution is 0.00852. The lowest BCUT2D eigenvalue weighted by Crippen LogP contribution is -2.38. The molecule has 2 N–H and O–H groups in total. The van der Waals surface area contributed by atoms with E-state index in [0.717, 1.165) is 29.0 Å². The summed E-state index contributed by atoms with van der Waals surface area (Å²) >= 11 is 1.70. The minimum atomic E-state index is -0.795. The number of aryl methyl sites for hydroxylation is 1. The number of thioether (sulfide) groups is 1. The van der Waals surface area contributed by atoms with Crippen LogP contribution in [0, 0.1) is 6.92 Å². The van der Waals surface area contributed by atoms with Gasteiger partial charge in [-0.3, -0.25) is 0 Å². The Morgan fingerprint density at radius 3 is 2.50 bits per heavy atom. The Morgan fingerprint density at radius 2 is 1.86 bits per heavy atom. The van der Waals surface area contributed by atoms with E-state index in [4.69, 9.17) is 9.47 Å². The van der Waals surface area contributed by atoms with Gasteiger partial charge in [0.15, 0.2) is 0 Å². The van der Waals surface area contributed by atoms with Crippen molar-refractivity contribution in [3.05, 3.63) is 58.7 Å². The smallest absolute Gasteiger partial charge is 0.123 e. The van der Waals surface area contributed by atoms with Gasteiger partial charge in [0.1, 0.15) is 11.5 Å². The standard InChI is InChI=1S/C23H30O4S/c1-5-27-18-8-6-16(7-9-18)12-17-13-19(21(26-4)10-14(17)2)23-22(25)20(24)11-15(3)28-23/h6-10,13,15,20,22-25H,5,11-12H2,1-4H3. The van der Waals surface area contributed by atoms with Gasteiger partial charge in [-0.1, -0.05) is 25.1 Å². The zero-order valence-electron chi connectivity index (χ0n) is 17.0. The van der Waals surface area contributed by atoms with E-state index in [2.05, 4.69) is 32.0 Å². The summed E-state index contributed by atoms with van der Waals surface area (Å²) in [6.07, 6.45) is -0.103. The van der Waals surface area contributed by atoms with Crippen LogP contribution < -0.4 is 9.47 Å². The molecule has 0 amide bonds. The zero-order chi connectivity index (χ0) is 20.3. The normalized spacial score (nSPS) is 24.8. The molecule has 1 aliphatic rings. The fourth-order valence-corrected chi connectivity index (χ4v) is 5.23. The van der Waals surface area contributed by atoms with Crippen LogP contribution in [0.2, 0.25) is 0 Å². The van der Waals surface area contributed by atoms with Crippen molar-refractivity contribution in [2.75, 3.05) is 13.7 Å². The molecule has 28 heavy (non-hydrogen) atoms. The van der Waals surface area contributed by atoms with Crippen molar-refractivity contribution in [1.82, 2.24) is 0 Å². The first-order chi connectivity index (χ1) is 13.4. The zero-order valence-corrected chi connectivity index (χ0v) is 17.8. The molecule has 1 fully saturated rings. The maximum absolute atomic E-state index is 10.6. The molecule has 4 atom stereocenters. The number of aliphatic hydroxyl groups is 2. The Bertz CT molecular complexity index is 790. The second-order valence-corrected chi connectivity index (χ2v) is 9.02. The molecule has 0 aromatic heterocycles. The summed E-state index contributed by atoms with van der Waals surface area (Å²) in [5.41, 5.74) is 4.50. The fraction of sp³-hybridized carbons (Fsp3) is 0.478. The molecule has 0 aliphatic carbocycles. The van der Waals surface area contributed by atoms with Gasteiger partial charge in [-0.05, 0) is 61.6 Å². The molecule has 4 nitrogen and oxygen atoms in total. The molecule has 0 saturated carbocycles. The first kappa shape index (κ1) is 21.0. The Labute approximate surface area is 171 Å². The minimum absolute atomic E-state index is 0.201. The van der Waals surface area contributed by atoms with Gasteiger partial charge in [0, 0.05) is 10.8 Å². The SMILES string of the molecule is CCOc1ccc(Cc2cc(C3SC(C)CC(O)C3O)c(OC)cc2C)cc1. The van der Waals surface area contributed by atoms with Gasteiger partial charge in [0.05, 0.1) is 31.2 Å². The van der Waals surface area contributed by atoms with E-state index in [-0.39, 0.29) is 10.5 Å². The van der Waals surface area contributed by atoms with Crippen LogP contribution in [-0.4, -0.2) is 41.4 Å². The van der Waals surface area contributed by atoms with Crippen LogP contribution in [-0.2, 0) is 6.42 Å². The number of hydrogen-bond acceptors (Lipinski definition) is 5. The largest absolute Gasteiger partial charge is 0.496 e. The second-order valence-electron chi connectivity index (χ2n) is 7.44. The topological polar surface area (TPSA) is 58.9 Å². The van der Waals surface area contributed by atoms with E-state index >= 15 is 0 Å². The molecule has 5 heteroatoms. The van der Waals surface area contributed by atoms with Crippen LogP contribution in [0.4, 0.5) is 0 Å². The fourth-order valence-electron chi connectivity index (χ4n) is 3.75. The molecule has 4 unspecified atom stereocenters.